The molecule has 0 aliphatic rings. The largest absolute Gasteiger partial charge is 0.398 e. The van der Waals surface area contributed by atoms with Gasteiger partial charge in [-0.25, -0.2) is 0 Å². The molecule has 0 spiro atoms. The first-order valence-electron chi connectivity index (χ1n) is 2.82. The van der Waals surface area contributed by atoms with E-state index in [2.05, 4.69) is 57.3 Å². The molecule has 2 N–H and O–H groups in total. The lowest BCUT2D eigenvalue weighted by Crippen LogP contribution is -1.93. The fraction of sp³-hybridized carbons (Fsp3) is 0.143. The Morgan fingerprint density at radius 3 is 2.40 bits per heavy atom. The lowest BCUT2D eigenvalue weighted by Gasteiger charge is -2.02. The van der Waals surface area contributed by atoms with E-state index < -0.39 is 0 Å². The van der Waals surface area contributed by atoms with E-state index in [1.165, 1.54) is 3.57 Å². The van der Waals surface area contributed by atoms with Crippen LogP contribution in [-0.2, 0) is 0 Å². The third-order valence-corrected chi connectivity index (χ3v) is 2.82. The Kier molecular flexibility index (Phi) is 2.79. The van der Waals surface area contributed by atoms with Crippen molar-refractivity contribution in [2.24, 2.45) is 0 Å². The standard InChI is InChI=1S/C7H7I2N/c1-4-2-5(8)3-6(9)7(4)10/h2-3H,10H2,1H3. The van der Waals surface area contributed by atoms with Crippen LogP contribution in [0.4, 0.5) is 5.69 Å². The summed E-state index contributed by atoms with van der Waals surface area (Å²) in [5, 5.41) is 0. The molecule has 0 aliphatic carbocycles. The van der Waals surface area contributed by atoms with Gasteiger partial charge >= 0.3 is 0 Å². The highest BCUT2D eigenvalue weighted by atomic mass is 127. The maximum Gasteiger partial charge on any atom is 0.0480 e. The van der Waals surface area contributed by atoms with Gasteiger partial charge in [-0.2, -0.15) is 0 Å². The number of halogens is 2. The summed E-state index contributed by atoms with van der Waals surface area (Å²) in [4.78, 5) is 0. The van der Waals surface area contributed by atoms with E-state index in [9.17, 15) is 0 Å². The molecule has 0 saturated carbocycles. The lowest BCUT2D eigenvalue weighted by atomic mass is 10.2. The molecule has 0 aliphatic heterocycles. The predicted molar refractivity (Wildman–Crippen MR) is 61.0 cm³/mol. The van der Waals surface area contributed by atoms with Crippen LogP contribution in [0.25, 0.3) is 0 Å². The van der Waals surface area contributed by atoms with Crippen molar-refractivity contribution in [3.8, 4) is 0 Å². The molecule has 0 amide bonds. The summed E-state index contributed by atoms with van der Waals surface area (Å²) in [5.74, 6) is 0. The molecule has 0 bridgehead atoms. The minimum absolute atomic E-state index is 0.904. The van der Waals surface area contributed by atoms with Gasteiger partial charge in [-0.05, 0) is 69.8 Å². The van der Waals surface area contributed by atoms with Gasteiger partial charge in [0.05, 0.1) is 0 Å². The van der Waals surface area contributed by atoms with E-state index in [1.54, 1.807) is 0 Å². The molecule has 3 heteroatoms. The Labute approximate surface area is 87.7 Å². The second kappa shape index (κ2) is 3.25. The molecule has 54 valence electrons. The molecule has 1 aromatic rings. The number of aryl methyl sites for hydroxylation is 1. The molecular weight excluding hydrogens is 352 g/mol. The third-order valence-electron chi connectivity index (χ3n) is 1.30. The van der Waals surface area contributed by atoms with Gasteiger partial charge in [0.25, 0.3) is 0 Å². The second-order valence-corrected chi connectivity index (χ2v) is 4.53. The van der Waals surface area contributed by atoms with Crippen LogP contribution in [0.15, 0.2) is 12.1 Å². The predicted octanol–water partition coefficient (Wildman–Crippen LogP) is 2.79. The van der Waals surface area contributed by atoms with Crippen molar-refractivity contribution in [3.05, 3.63) is 24.8 Å². The van der Waals surface area contributed by atoms with E-state index in [1.807, 2.05) is 6.92 Å². The Morgan fingerprint density at radius 1 is 1.30 bits per heavy atom. The van der Waals surface area contributed by atoms with Crippen molar-refractivity contribution < 1.29 is 0 Å². The zero-order valence-electron chi connectivity index (χ0n) is 5.49. The molecule has 0 aromatic heterocycles. The van der Waals surface area contributed by atoms with Crippen molar-refractivity contribution in [1.29, 1.82) is 0 Å². The maximum absolute atomic E-state index is 5.74. The lowest BCUT2D eigenvalue weighted by molar-refractivity contribution is 1.43. The maximum atomic E-state index is 5.74. The first kappa shape index (κ1) is 8.58. The number of anilines is 1. The molecule has 0 fully saturated rings. The minimum Gasteiger partial charge on any atom is -0.398 e. The van der Waals surface area contributed by atoms with Crippen molar-refractivity contribution in [2.75, 3.05) is 5.73 Å². The van der Waals surface area contributed by atoms with Crippen LogP contribution >= 0.6 is 45.2 Å². The number of nitrogen functional groups attached to an aromatic ring is 1. The van der Waals surface area contributed by atoms with E-state index in [4.69, 9.17) is 5.73 Å². The van der Waals surface area contributed by atoms with Gasteiger partial charge in [-0.1, -0.05) is 0 Å². The van der Waals surface area contributed by atoms with Gasteiger partial charge in [0, 0.05) is 12.8 Å². The van der Waals surface area contributed by atoms with Crippen LogP contribution in [0.1, 0.15) is 5.56 Å². The number of nitrogens with two attached hydrogens (primary N) is 1. The van der Waals surface area contributed by atoms with E-state index >= 15 is 0 Å². The average molecular weight is 359 g/mol. The van der Waals surface area contributed by atoms with E-state index in [0.29, 0.717) is 0 Å². The minimum atomic E-state index is 0.904. The summed E-state index contributed by atoms with van der Waals surface area (Å²) in [6.07, 6.45) is 0. The summed E-state index contributed by atoms with van der Waals surface area (Å²) < 4.78 is 2.38. The Morgan fingerprint density at radius 2 is 1.90 bits per heavy atom. The van der Waals surface area contributed by atoms with Crippen LogP contribution in [0.3, 0.4) is 0 Å². The van der Waals surface area contributed by atoms with Crippen LogP contribution in [0, 0.1) is 14.1 Å². The summed E-state index contributed by atoms with van der Waals surface area (Å²) in [7, 11) is 0. The van der Waals surface area contributed by atoms with E-state index in [0.717, 1.165) is 14.8 Å². The van der Waals surface area contributed by atoms with E-state index in [-0.39, 0.29) is 0 Å². The number of rotatable bonds is 0. The van der Waals surface area contributed by atoms with Gasteiger partial charge < -0.3 is 5.73 Å². The van der Waals surface area contributed by atoms with Crippen LogP contribution in [0.5, 0.6) is 0 Å². The zero-order valence-corrected chi connectivity index (χ0v) is 9.80. The van der Waals surface area contributed by atoms with Crippen LogP contribution < -0.4 is 5.73 Å². The van der Waals surface area contributed by atoms with Crippen molar-refractivity contribution >= 4 is 50.9 Å². The topological polar surface area (TPSA) is 26.0 Å². The van der Waals surface area contributed by atoms with Crippen molar-refractivity contribution in [3.63, 3.8) is 0 Å². The molecular formula is C7H7I2N. The molecule has 0 unspecified atom stereocenters. The smallest absolute Gasteiger partial charge is 0.0480 e. The zero-order chi connectivity index (χ0) is 7.72. The summed E-state index contributed by atoms with van der Waals surface area (Å²) in [6, 6.07) is 4.15. The molecule has 0 atom stereocenters. The highest BCUT2D eigenvalue weighted by Crippen LogP contribution is 2.21. The number of benzene rings is 1. The molecule has 0 radical (unpaired) electrons. The van der Waals surface area contributed by atoms with Gasteiger partial charge in [0.15, 0.2) is 0 Å². The normalized spacial score (nSPS) is 9.90. The van der Waals surface area contributed by atoms with Crippen molar-refractivity contribution in [2.45, 2.75) is 6.92 Å². The molecule has 0 saturated heterocycles. The first-order chi connectivity index (χ1) is 4.61. The SMILES string of the molecule is Cc1cc(I)cc(I)c1N. The molecule has 0 heterocycles. The quantitative estimate of drug-likeness (QED) is 0.560. The van der Waals surface area contributed by atoms with Gasteiger partial charge in [0.2, 0.25) is 0 Å². The van der Waals surface area contributed by atoms with Crippen molar-refractivity contribution in [1.82, 2.24) is 0 Å². The Bertz CT molecular complexity index is 235. The summed E-state index contributed by atoms with van der Waals surface area (Å²) in [5.41, 5.74) is 7.81. The Balaban J connectivity index is 3.31. The van der Waals surface area contributed by atoms with Gasteiger partial charge in [-0.15, -0.1) is 0 Å². The van der Waals surface area contributed by atoms with Crippen LogP contribution in [-0.4, -0.2) is 0 Å². The first-order valence-corrected chi connectivity index (χ1v) is 4.98. The number of hydrogen-bond donors (Lipinski definition) is 1. The average Bonchev–Trinajstić information content (AvgIpc) is 1.82. The second-order valence-electron chi connectivity index (χ2n) is 2.12. The highest BCUT2D eigenvalue weighted by molar-refractivity contribution is 14.1. The highest BCUT2D eigenvalue weighted by Gasteiger charge is 1.99. The summed E-state index contributed by atoms with van der Waals surface area (Å²) in [6.45, 7) is 2.03. The molecule has 10 heavy (non-hydrogen) atoms. The Hall–Kier alpha value is 0.480. The molecule has 1 nitrogen and oxygen atoms in total. The van der Waals surface area contributed by atoms with Crippen LogP contribution in [0.2, 0.25) is 0 Å². The fourth-order valence-corrected chi connectivity index (χ4v) is 2.85. The van der Waals surface area contributed by atoms with Gasteiger partial charge in [-0.3, -0.25) is 0 Å². The molecule has 1 aromatic carbocycles. The number of hydrogen-bond acceptors (Lipinski definition) is 1. The summed E-state index contributed by atoms with van der Waals surface area (Å²) >= 11 is 4.53. The molecule has 1 rings (SSSR count). The monoisotopic (exact) mass is 359 g/mol. The van der Waals surface area contributed by atoms with Gasteiger partial charge in [0.1, 0.15) is 0 Å². The fourth-order valence-electron chi connectivity index (χ4n) is 0.713. The third kappa shape index (κ3) is 1.75.